The molecule has 0 saturated heterocycles. The van der Waals surface area contributed by atoms with Crippen molar-refractivity contribution in [3.63, 3.8) is 0 Å². The molecule has 160 valence electrons. The van der Waals surface area contributed by atoms with Gasteiger partial charge in [-0.3, -0.25) is 9.78 Å². The molecule has 1 N–H and O–H groups in total. The Balaban J connectivity index is 1.52. The first-order valence-corrected chi connectivity index (χ1v) is 11.1. The second kappa shape index (κ2) is 8.69. The van der Waals surface area contributed by atoms with E-state index in [9.17, 15) is 9.18 Å². The summed E-state index contributed by atoms with van der Waals surface area (Å²) >= 11 is 1.45. The molecule has 5 nitrogen and oxygen atoms in total. The standard InChI is InChI=1S/C24H25FN4OS/c1-15(28(2)3)12-20(26)21-9-8-19(14-27-21)29-11-10-17-13-22(31-23(17)24(29)30)16-4-6-18(25)7-5-16/h4-9,13-15,26H,10-12H2,1-3H3/t15-/m1/s1. The van der Waals surface area contributed by atoms with Crippen LogP contribution in [0.25, 0.3) is 10.4 Å². The van der Waals surface area contributed by atoms with Crippen molar-refractivity contribution in [2.24, 2.45) is 0 Å². The van der Waals surface area contributed by atoms with Gasteiger partial charge in [-0.1, -0.05) is 12.1 Å². The molecule has 31 heavy (non-hydrogen) atoms. The third-order valence-corrected chi connectivity index (χ3v) is 6.95. The van der Waals surface area contributed by atoms with E-state index in [0.717, 1.165) is 33.0 Å². The van der Waals surface area contributed by atoms with Crippen molar-refractivity contribution in [1.82, 2.24) is 9.88 Å². The molecular formula is C24H25FN4OS. The molecule has 0 saturated carbocycles. The summed E-state index contributed by atoms with van der Waals surface area (Å²) in [6.07, 6.45) is 3.06. The third-order valence-electron chi connectivity index (χ3n) is 5.73. The molecule has 1 atom stereocenters. The average Bonchev–Trinajstić information content (AvgIpc) is 3.20. The van der Waals surface area contributed by atoms with Crippen molar-refractivity contribution in [2.75, 3.05) is 25.5 Å². The summed E-state index contributed by atoms with van der Waals surface area (Å²) in [4.78, 5) is 23.1. The van der Waals surface area contributed by atoms with E-state index in [-0.39, 0.29) is 17.8 Å². The van der Waals surface area contributed by atoms with Gasteiger partial charge >= 0.3 is 0 Å². The van der Waals surface area contributed by atoms with Crippen molar-refractivity contribution >= 4 is 28.6 Å². The SMILES string of the molecule is C[C@H](CC(=N)c1ccc(N2CCc3cc(-c4ccc(F)cc4)sc3C2=O)cn1)N(C)C. The zero-order valence-corrected chi connectivity index (χ0v) is 18.7. The number of thiophene rings is 1. The fourth-order valence-electron chi connectivity index (χ4n) is 3.56. The van der Waals surface area contributed by atoms with Crippen LogP contribution in [-0.2, 0) is 6.42 Å². The highest BCUT2D eigenvalue weighted by Gasteiger charge is 2.28. The van der Waals surface area contributed by atoms with E-state index >= 15 is 0 Å². The van der Waals surface area contributed by atoms with Gasteiger partial charge < -0.3 is 15.2 Å². The summed E-state index contributed by atoms with van der Waals surface area (Å²) in [6, 6.07) is 12.3. The minimum Gasteiger partial charge on any atom is -0.306 e. The Morgan fingerprint density at radius 1 is 1.26 bits per heavy atom. The monoisotopic (exact) mass is 436 g/mol. The number of carbonyl (C=O) groups excluding carboxylic acids is 1. The van der Waals surface area contributed by atoms with Gasteiger partial charge in [0, 0.05) is 23.9 Å². The maximum Gasteiger partial charge on any atom is 0.268 e. The van der Waals surface area contributed by atoms with Crippen molar-refractivity contribution in [3.8, 4) is 10.4 Å². The molecule has 1 aliphatic rings. The lowest BCUT2D eigenvalue weighted by molar-refractivity contribution is 0.0985. The quantitative estimate of drug-likeness (QED) is 0.562. The second-order valence-electron chi connectivity index (χ2n) is 8.08. The predicted octanol–water partition coefficient (Wildman–Crippen LogP) is 4.86. The molecule has 0 aliphatic carbocycles. The lowest BCUT2D eigenvalue weighted by atomic mass is 10.0. The van der Waals surface area contributed by atoms with Gasteiger partial charge in [0.25, 0.3) is 5.91 Å². The molecule has 1 amide bonds. The lowest BCUT2D eigenvalue weighted by Gasteiger charge is -2.26. The van der Waals surface area contributed by atoms with E-state index in [1.54, 1.807) is 23.2 Å². The first kappa shape index (κ1) is 21.3. The van der Waals surface area contributed by atoms with Gasteiger partial charge in [-0.15, -0.1) is 11.3 Å². The molecule has 0 fully saturated rings. The molecule has 0 unspecified atom stereocenters. The fourth-order valence-corrected chi connectivity index (χ4v) is 4.73. The molecule has 4 rings (SSSR count). The highest BCUT2D eigenvalue weighted by Crippen LogP contribution is 2.36. The molecule has 2 aromatic heterocycles. The highest BCUT2D eigenvalue weighted by molar-refractivity contribution is 7.17. The van der Waals surface area contributed by atoms with Crippen LogP contribution in [0.5, 0.6) is 0 Å². The van der Waals surface area contributed by atoms with Crippen molar-refractivity contribution < 1.29 is 9.18 Å². The number of nitrogens with zero attached hydrogens (tertiary/aromatic N) is 3. The Morgan fingerprint density at radius 2 is 2.00 bits per heavy atom. The minimum atomic E-state index is -0.271. The number of amides is 1. The summed E-state index contributed by atoms with van der Waals surface area (Å²) in [5.41, 5.74) is 3.82. The molecule has 3 heterocycles. The highest BCUT2D eigenvalue weighted by atomic mass is 32.1. The third kappa shape index (κ3) is 4.43. The van der Waals surface area contributed by atoms with E-state index in [2.05, 4.69) is 16.8 Å². The van der Waals surface area contributed by atoms with Crippen LogP contribution in [0.4, 0.5) is 10.1 Å². The van der Waals surface area contributed by atoms with Crippen LogP contribution < -0.4 is 4.90 Å². The molecule has 3 aromatic rings. The average molecular weight is 437 g/mol. The topological polar surface area (TPSA) is 60.3 Å². The molecular weight excluding hydrogens is 411 g/mol. The Hall–Kier alpha value is -2.90. The van der Waals surface area contributed by atoms with Crippen LogP contribution in [0, 0.1) is 11.2 Å². The number of pyridine rings is 1. The van der Waals surface area contributed by atoms with Crippen LogP contribution in [-0.4, -0.2) is 48.2 Å². The number of anilines is 1. The normalized spacial score (nSPS) is 14.6. The Kier molecular flexibility index (Phi) is 5.98. The molecule has 7 heteroatoms. The zero-order chi connectivity index (χ0) is 22.1. The smallest absolute Gasteiger partial charge is 0.268 e. The number of hydrogen-bond acceptors (Lipinski definition) is 5. The molecule has 0 radical (unpaired) electrons. The minimum absolute atomic E-state index is 0.0366. The fraction of sp³-hybridized carbons (Fsp3) is 0.292. The van der Waals surface area contributed by atoms with Crippen LogP contribution in [0.3, 0.4) is 0 Å². The van der Waals surface area contributed by atoms with Gasteiger partial charge in [-0.05, 0) is 68.9 Å². The van der Waals surface area contributed by atoms with E-state index in [1.807, 2.05) is 32.3 Å². The van der Waals surface area contributed by atoms with Crippen LogP contribution >= 0.6 is 11.3 Å². The maximum absolute atomic E-state index is 13.2. The van der Waals surface area contributed by atoms with Crippen molar-refractivity contribution in [1.29, 1.82) is 5.41 Å². The van der Waals surface area contributed by atoms with Crippen molar-refractivity contribution in [2.45, 2.75) is 25.8 Å². The van der Waals surface area contributed by atoms with Gasteiger partial charge in [0.05, 0.1) is 28.2 Å². The van der Waals surface area contributed by atoms with E-state index in [1.165, 1.54) is 23.5 Å². The molecule has 1 aromatic carbocycles. The number of benzene rings is 1. The maximum atomic E-state index is 13.2. The van der Waals surface area contributed by atoms with Gasteiger partial charge in [-0.2, -0.15) is 0 Å². The Bertz CT molecular complexity index is 1110. The largest absolute Gasteiger partial charge is 0.306 e. The summed E-state index contributed by atoms with van der Waals surface area (Å²) in [5.74, 6) is -0.307. The number of aromatic nitrogens is 1. The summed E-state index contributed by atoms with van der Waals surface area (Å²) in [5, 5.41) is 8.31. The van der Waals surface area contributed by atoms with E-state index in [0.29, 0.717) is 24.4 Å². The second-order valence-corrected chi connectivity index (χ2v) is 9.13. The van der Waals surface area contributed by atoms with Gasteiger partial charge in [0.2, 0.25) is 0 Å². The molecule has 0 spiro atoms. The van der Waals surface area contributed by atoms with E-state index < -0.39 is 0 Å². The summed E-state index contributed by atoms with van der Waals surface area (Å²) in [6.45, 7) is 2.66. The number of halogens is 1. The van der Waals surface area contributed by atoms with Crippen LogP contribution in [0.2, 0.25) is 0 Å². The zero-order valence-electron chi connectivity index (χ0n) is 17.9. The first-order chi connectivity index (χ1) is 14.8. The number of fused-ring (bicyclic) bond motifs is 1. The van der Waals surface area contributed by atoms with Gasteiger partial charge in [0.1, 0.15) is 5.82 Å². The predicted molar refractivity (Wildman–Crippen MR) is 124 cm³/mol. The van der Waals surface area contributed by atoms with Gasteiger partial charge in [0.15, 0.2) is 0 Å². The van der Waals surface area contributed by atoms with Crippen LogP contribution in [0.15, 0.2) is 48.7 Å². The Labute approximate surface area is 185 Å². The van der Waals surface area contributed by atoms with Crippen LogP contribution in [0.1, 0.15) is 34.3 Å². The van der Waals surface area contributed by atoms with Gasteiger partial charge in [-0.25, -0.2) is 4.39 Å². The molecule has 1 aliphatic heterocycles. The lowest BCUT2D eigenvalue weighted by Crippen LogP contribution is -2.36. The number of carbonyl (C=O) groups is 1. The molecule has 0 bridgehead atoms. The summed E-state index contributed by atoms with van der Waals surface area (Å²) in [7, 11) is 3.99. The first-order valence-electron chi connectivity index (χ1n) is 10.2. The Morgan fingerprint density at radius 3 is 2.65 bits per heavy atom. The number of hydrogen-bond donors (Lipinski definition) is 1. The number of rotatable bonds is 6. The summed E-state index contributed by atoms with van der Waals surface area (Å²) < 4.78 is 13.2. The number of nitrogens with one attached hydrogen (secondary N) is 1. The van der Waals surface area contributed by atoms with E-state index in [4.69, 9.17) is 5.41 Å². The van der Waals surface area contributed by atoms with Crippen molar-refractivity contribution in [3.05, 3.63) is 70.6 Å².